The number of rotatable bonds is 5. The van der Waals surface area contributed by atoms with Gasteiger partial charge in [-0.25, -0.2) is 0 Å². The van der Waals surface area contributed by atoms with Crippen LogP contribution in [0.1, 0.15) is 0 Å². The molecule has 0 spiro atoms. The Labute approximate surface area is 109 Å². The highest BCUT2D eigenvalue weighted by Crippen LogP contribution is 2.27. The van der Waals surface area contributed by atoms with E-state index in [-0.39, 0.29) is 0 Å². The Morgan fingerprint density at radius 3 is 3.00 bits per heavy atom. The SMILES string of the molecule is COc1ccc(NCCn2cccn2)cc1Br. The normalized spacial score (nSPS) is 10.2. The number of halogens is 1. The molecule has 0 atom stereocenters. The van der Waals surface area contributed by atoms with E-state index in [1.54, 1.807) is 13.3 Å². The van der Waals surface area contributed by atoms with Crippen molar-refractivity contribution in [1.29, 1.82) is 0 Å². The van der Waals surface area contributed by atoms with Crippen molar-refractivity contribution in [3.8, 4) is 5.75 Å². The maximum Gasteiger partial charge on any atom is 0.133 e. The lowest BCUT2D eigenvalue weighted by Crippen LogP contribution is -2.10. The summed E-state index contributed by atoms with van der Waals surface area (Å²) in [6, 6.07) is 7.85. The number of nitrogens with one attached hydrogen (secondary N) is 1. The number of nitrogens with zero attached hydrogens (tertiary/aromatic N) is 2. The first-order valence-corrected chi connectivity index (χ1v) is 6.14. The van der Waals surface area contributed by atoms with Crippen molar-refractivity contribution in [3.63, 3.8) is 0 Å². The van der Waals surface area contributed by atoms with Gasteiger partial charge in [-0.2, -0.15) is 5.10 Å². The summed E-state index contributed by atoms with van der Waals surface area (Å²) < 4.78 is 8.02. The van der Waals surface area contributed by atoms with Gasteiger partial charge >= 0.3 is 0 Å². The quantitative estimate of drug-likeness (QED) is 0.922. The first-order valence-electron chi connectivity index (χ1n) is 5.34. The molecule has 1 aromatic carbocycles. The molecule has 2 aromatic rings. The molecule has 0 fully saturated rings. The summed E-state index contributed by atoms with van der Waals surface area (Å²) in [5.74, 6) is 0.836. The number of aromatic nitrogens is 2. The van der Waals surface area contributed by atoms with Crippen molar-refractivity contribution in [2.45, 2.75) is 6.54 Å². The average molecular weight is 296 g/mol. The first-order chi connectivity index (χ1) is 8.29. The van der Waals surface area contributed by atoms with Crippen LogP contribution in [0.5, 0.6) is 5.75 Å². The predicted octanol–water partition coefficient (Wildman–Crippen LogP) is 2.77. The number of benzene rings is 1. The van der Waals surface area contributed by atoms with Crippen LogP contribution in [0.4, 0.5) is 5.69 Å². The van der Waals surface area contributed by atoms with E-state index < -0.39 is 0 Å². The van der Waals surface area contributed by atoms with Crippen molar-refractivity contribution in [2.24, 2.45) is 0 Å². The van der Waals surface area contributed by atoms with Crippen molar-refractivity contribution in [1.82, 2.24) is 9.78 Å². The summed E-state index contributed by atoms with van der Waals surface area (Å²) >= 11 is 3.46. The largest absolute Gasteiger partial charge is 0.496 e. The minimum Gasteiger partial charge on any atom is -0.496 e. The number of anilines is 1. The summed E-state index contributed by atoms with van der Waals surface area (Å²) in [6.07, 6.45) is 3.73. The summed E-state index contributed by atoms with van der Waals surface area (Å²) in [4.78, 5) is 0. The molecule has 4 nitrogen and oxygen atoms in total. The lowest BCUT2D eigenvalue weighted by Gasteiger charge is -2.09. The van der Waals surface area contributed by atoms with Gasteiger partial charge in [0.25, 0.3) is 0 Å². The number of ether oxygens (including phenoxy) is 1. The lowest BCUT2D eigenvalue weighted by molar-refractivity contribution is 0.412. The van der Waals surface area contributed by atoms with Crippen molar-refractivity contribution in [2.75, 3.05) is 19.0 Å². The Morgan fingerprint density at radius 1 is 1.47 bits per heavy atom. The molecule has 0 unspecified atom stereocenters. The Morgan fingerprint density at radius 2 is 2.35 bits per heavy atom. The van der Waals surface area contributed by atoms with Crippen LogP contribution in [0.15, 0.2) is 41.1 Å². The van der Waals surface area contributed by atoms with E-state index in [4.69, 9.17) is 4.74 Å². The van der Waals surface area contributed by atoms with Gasteiger partial charge < -0.3 is 10.1 Å². The zero-order chi connectivity index (χ0) is 12.1. The van der Waals surface area contributed by atoms with Gasteiger partial charge in [0.2, 0.25) is 0 Å². The third kappa shape index (κ3) is 3.23. The molecule has 90 valence electrons. The van der Waals surface area contributed by atoms with Gasteiger partial charge in [-0.1, -0.05) is 0 Å². The van der Waals surface area contributed by atoms with Crippen LogP contribution in [0.2, 0.25) is 0 Å². The van der Waals surface area contributed by atoms with Crippen LogP contribution in [0.3, 0.4) is 0 Å². The summed E-state index contributed by atoms with van der Waals surface area (Å²) in [7, 11) is 1.66. The van der Waals surface area contributed by atoms with E-state index in [2.05, 4.69) is 26.3 Å². The Balaban J connectivity index is 1.89. The van der Waals surface area contributed by atoms with Crippen LogP contribution in [-0.4, -0.2) is 23.4 Å². The molecule has 0 saturated heterocycles. The molecule has 0 aliphatic carbocycles. The summed E-state index contributed by atoms with van der Waals surface area (Å²) in [6.45, 7) is 1.68. The Bertz CT molecular complexity index is 471. The fourth-order valence-corrected chi connectivity index (χ4v) is 2.06. The third-order valence-electron chi connectivity index (χ3n) is 2.38. The number of hydrogen-bond acceptors (Lipinski definition) is 3. The maximum atomic E-state index is 5.17. The standard InChI is InChI=1S/C12H14BrN3O/c1-17-12-4-3-10(9-11(12)13)14-6-8-16-7-2-5-15-16/h2-5,7,9,14H,6,8H2,1H3. The van der Waals surface area contributed by atoms with Gasteiger partial charge in [-0.15, -0.1) is 0 Å². The van der Waals surface area contributed by atoms with E-state index in [9.17, 15) is 0 Å². The van der Waals surface area contributed by atoms with E-state index in [1.165, 1.54) is 0 Å². The summed E-state index contributed by atoms with van der Waals surface area (Å²) in [5.41, 5.74) is 1.06. The zero-order valence-electron chi connectivity index (χ0n) is 9.56. The fraction of sp³-hybridized carbons (Fsp3) is 0.250. The zero-order valence-corrected chi connectivity index (χ0v) is 11.1. The van der Waals surface area contributed by atoms with Gasteiger partial charge in [-0.3, -0.25) is 4.68 Å². The van der Waals surface area contributed by atoms with Gasteiger partial charge in [-0.05, 0) is 40.2 Å². The molecule has 1 heterocycles. The molecule has 0 bridgehead atoms. The molecule has 0 aliphatic rings. The lowest BCUT2D eigenvalue weighted by atomic mass is 10.3. The number of hydrogen-bond donors (Lipinski definition) is 1. The second kappa shape index (κ2) is 5.72. The average Bonchev–Trinajstić information content (AvgIpc) is 2.82. The predicted molar refractivity (Wildman–Crippen MR) is 71.4 cm³/mol. The van der Waals surface area contributed by atoms with Crippen LogP contribution >= 0.6 is 15.9 Å². The minimum atomic E-state index is 0.834. The molecule has 1 N–H and O–H groups in total. The second-order valence-corrected chi connectivity index (χ2v) is 4.40. The molecule has 0 aliphatic heterocycles. The van der Waals surface area contributed by atoms with Crippen molar-refractivity contribution in [3.05, 3.63) is 41.1 Å². The molecule has 0 radical (unpaired) electrons. The molecule has 1 aromatic heterocycles. The number of methoxy groups -OCH3 is 1. The topological polar surface area (TPSA) is 39.1 Å². The third-order valence-corrected chi connectivity index (χ3v) is 3.00. The summed E-state index contributed by atoms with van der Waals surface area (Å²) in [5, 5.41) is 7.47. The molecular formula is C12H14BrN3O. The van der Waals surface area contributed by atoms with E-state index in [0.29, 0.717) is 0 Å². The molecule has 17 heavy (non-hydrogen) atoms. The van der Waals surface area contributed by atoms with Gasteiger partial charge in [0, 0.05) is 24.6 Å². The van der Waals surface area contributed by atoms with Crippen LogP contribution in [0.25, 0.3) is 0 Å². The fourth-order valence-electron chi connectivity index (χ4n) is 1.52. The van der Waals surface area contributed by atoms with Gasteiger partial charge in [0.15, 0.2) is 0 Å². The Kier molecular flexibility index (Phi) is 4.03. The molecular weight excluding hydrogens is 282 g/mol. The van der Waals surface area contributed by atoms with E-state index in [1.807, 2.05) is 35.1 Å². The van der Waals surface area contributed by atoms with Crippen LogP contribution < -0.4 is 10.1 Å². The molecule has 5 heteroatoms. The Hall–Kier alpha value is -1.49. The van der Waals surface area contributed by atoms with Crippen LogP contribution in [0, 0.1) is 0 Å². The van der Waals surface area contributed by atoms with Crippen LogP contribution in [-0.2, 0) is 6.54 Å². The van der Waals surface area contributed by atoms with Crippen molar-refractivity contribution >= 4 is 21.6 Å². The van der Waals surface area contributed by atoms with E-state index >= 15 is 0 Å². The first kappa shape index (κ1) is 12.0. The highest BCUT2D eigenvalue weighted by Gasteiger charge is 2.00. The van der Waals surface area contributed by atoms with Crippen molar-refractivity contribution < 1.29 is 4.74 Å². The van der Waals surface area contributed by atoms with Gasteiger partial charge in [0.1, 0.15) is 5.75 Å². The highest BCUT2D eigenvalue weighted by atomic mass is 79.9. The highest BCUT2D eigenvalue weighted by molar-refractivity contribution is 9.10. The maximum absolute atomic E-state index is 5.17. The smallest absolute Gasteiger partial charge is 0.133 e. The van der Waals surface area contributed by atoms with E-state index in [0.717, 1.165) is 29.0 Å². The minimum absolute atomic E-state index is 0.834. The molecule has 2 rings (SSSR count). The van der Waals surface area contributed by atoms with Gasteiger partial charge in [0.05, 0.1) is 18.1 Å². The second-order valence-electron chi connectivity index (χ2n) is 3.55. The monoisotopic (exact) mass is 295 g/mol. The molecule has 0 amide bonds. The molecule has 0 saturated carbocycles.